The Bertz CT molecular complexity index is 847. The molecule has 0 bridgehead atoms. The normalized spacial score (nSPS) is 17.1. The molecule has 7 N–H and O–H groups in total. The Kier molecular flexibility index (Phi) is 17.0. The molecule has 0 amide bonds. The topological polar surface area (TPSA) is 173 Å². The number of carbonyl (C=O) groups is 2. The van der Waals surface area contributed by atoms with E-state index in [4.69, 9.17) is 36.0 Å². The monoisotopic (exact) mass is 541 g/mol. The lowest BCUT2D eigenvalue weighted by Gasteiger charge is -2.22. The van der Waals surface area contributed by atoms with Crippen LogP contribution in [0.15, 0.2) is 59.3 Å². The number of carboxylic acids is 2. The number of hydrazine groups is 1. The van der Waals surface area contributed by atoms with E-state index in [9.17, 15) is 9.59 Å². The van der Waals surface area contributed by atoms with Gasteiger partial charge in [0, 0.05) is 30.5 Å². The zero-order valence-electron chi connectivity index (χ0n) is 21.2. The summed E-state index contributed by atoms with van der Waals surface area (Å²) < 4.78 is 19.5. The van der Waals surface area contributed by atoms with E-state index >= 15 is 0 Å². The van der Waals surface area contributed by atoms with Crippen LogP contribution in [-0.2, 0) is 23.8 Å². The molecule has 0 spiro atoms. The fraction of sp³-hybridized carbons (Fsp3) is 0.500. The van der Waals surface area contributed by atoms with Gasteiger partial charge in [-0.15, -0.1) is 0 Å². The van der Waals surface area contributed by atoms with Crippen molar-refractivity contribution < 1.29 is 34.0 Å². The van der Waals surface area contributed by atoms with E-state index in [1.807, 2.05) is 6.08 Å². The van der Waals surface area contributed by atoms with Gasteiger partial charge in [-0.1, -0.05) is 37.0 Å². The lowest BCUT2D eigenvalue weighted by Crippen LogP contribution is -2.39. The number of carboxylic acid groups (broad SMARTS) is 2. The fourth-order valence-electron chi connectivity index (χ4n) is 3.05. The number of aliphatic carboxylic acids is 2. The summed E-state index contributed by atoms with van der Waals surface area (Å²) in [6, 6.07) is 0. The minimum absolute atomic E-state index is 0.0573. The third kappa shape index (κ3) is 14.6. The predicted octanol–water partition coefficient (Wildman–Crippen LogP) is 0.533. The minimum Gasteiger partial charge on any atom is -0.477 e. The molecule has 0 saturated heterocycles. The van der Waals surface area contributed by atoms with Crippen LogP contribution in [0.5, 0.6) is 0 Å². The first-order valence-electron chi connectivity index (χ1n) is 11.7. The minimum atomic E-state index is -1.57. The van der Waals surface area contributed by atoms with Crippen LogP contribution in [0.1, 0.15) is 0 Å². The zero-order valence-corrected chi connectivity index (χ0v) is 22.0. The molecular formula is C24H39N5O7S. The lowest BCUT2D eigenvalue weighted by atomic mass is 10.1. The van der Waals surface area contributed by atoms with Crippen molar-refractivity contribution in [1.29, 1.82) is 0 Å². The maximum absolute atomic E-state index is 11.1. The highest BCUT2D eigenvalue weighted by atomic mass is 32.2. The highest BCUT2D eigenvalue weighted by Crippen LogP contribution is 2.16. The van der Waals surface area contributed by atoms with E-state index in [2.05, 4.69) is 47.6 Å². The molecule has 1 atom stereocenters. The Morgan fingerprint density at radius 2 is 1.81 bits per heavy atom. The molecule has 0 aromatic carbocycles. The van der Waals surface area contributed by atoms with Crippen LogP contribution in [0.4, 0.5) is 0 Å². The number of hydrogen-bond acceptors (Lipinski definition) is 11. The van der Waals surface area contributed by atoms with Gasteiger partial charge in [-0.05, 0) is 25.1 Å². The third-order valence-corrected chi connectivity index (χ3v) is 5.70. The molecule has 0 saturated carbocycles. The number of allylic oxidation sites excluding steroid dienone is 3. The van der Waals surface area contributed by atoms with Crippen molar-refractivity contribution in [3.8, 4) is 0 Å². The summed E-state index contributed by atoms with van der Waals surface area (Å²) in [4.78, 5) is 25.3. The molecule has 0 aromatic heterocycles. The van der Waals surface area contributed by atoms with E-state index in [1.54, 1.807) is 6.08 Å². The van der Waals surface area contributed by atoms with Crippen molar-refractivity contribution in [1.82, 2.24) is 14.6 Å². The second-order valence-electron chi connectivity index (χ2n) is 7.88. The molecule has 37 heavy (non-hydrogen) atoms. The van der Waals surface area contributed by atoms with E-state index in [1.165, 1.54) is 11.9 Å². The highest BCUT2D eigenvalue weighted by molar-refractivity contribution is 8.01. The van der Waals surface area contributed by atoms with Gasteiger partial charge in [0.05, 0.1) is 46.2 Å². The van der Waals surface area contributed by atoms with Crippen LogP contribution >= 0.6 is 11.9 Å². The van der Waals surface area contributed by atoms with Crippen LogP contribution < -0.4 is 16.3 Å². The van der Waals surface area contributed by atoms with E-state index in [-0.39, 0.29) is 19.8 Å². The van der Waals surface area contributed by atoms with Crippen LogP contribution in [0, 0.1) is 5.92 Å². The van der Waals surface area contributed by atoms with Gasteiger partial charge in [-0.25, -0.2) is 15.4 Å². The van der Waals surface area contributed by atoms with Crippen molar-refractivity contribution in [2.45, 2.75) is 0 Å². The van der Waals surface area contributed by atoms with Crippen LogP contribution in [0.3, 0.4) is 0 Å². The van der Waals surface area contributed by atoms with Gasteiger partial charge in [0.2, 0.25) is 0 Å². The summed E-state index contributed by atoms with van der Waals surface area (Å²) in [5.41, 5.74) is 3.70. The standard InChI is InChI=1S/C24H39N5O7S/c1-3-5-20(8-7-19-6-4-10-28(2)18-19)37-27-9-12-34-14-16-36-17-15-35-13-11-29(26)22(24(32)33)21(25)23(30)31/h3-8,19,27H,1,9-18,25-26H2,2H3,(H,30,31)(H,32,33)/b8-7+,20-5+,22-21-. The van der Waals surface area contributed by atoms with Gasteiger partial charge < -0.3 is 40.1 Å². The van der Waals surface area contributed by atoms with Gasteiger partial charge in [0.25, 0.3) is 0 Å². The first kappa shape index (κ1) is 32.4. The number of rotatable bonds is 20. The molecule has 12 nitrogen and oxygen atoms in total. The number of likely N-dealkylation sites (N-methyl/N-ethyl adjacent to an activating group) is 1. The SMILES string of the molecule is C=C/C=C(\C=C\C1C=CCN(C)C1)SNCCOCCOCCOCCN(N)/C(C(=O)O)=C(\N)C(=O)O. The van der Waals surface area contributed by atoms with E-state index in [0.717, 1.165) is 23.0 Å². The first-order chi connectivity index (χ1) is 17.8. The van der Waals surface area contributed by atoms with Crippen molar-refractivity contribution >= 4 is 23.9 Å². The van der Waals surface area contributed by atoms with Crippen molar-refractivity contribution in [2.24, 2.45) is 17.5 Å². The number of nitrogens with two attached hydrogens (primary N) is 2. The maximum atomic E-state index is 11.1. The maximum Gasteiger partial charge on any atom is 0.356 e. The Labute approximate surface area is 222 Å². The smallest absolute Gasteiger partial charge is 0.356 e. The molecule has 0 fully saturated rings. The fourth-order valence-corrected chi connectivity index (χ4v) is 3.72. The van der Waals surface area contributed by atoms with Crippen LogP contribution in [-0.4, -0.2) is 105 Å². The molecule has 13 heteroatoms. The number of ether oxygens (including phenoxy) is 3. The average Bonchev–Trinajstić information content (AvgIpc) is 2.85. The van der Waals surface area contributed by atoms with E-state index in [0.29, 0.717) is 38.9 Å². The molecule has 0 radical (unpaired) electrons. The molecule has 208 valence electrons. The van der Waals surface area contributed by atoms with Gasteiger partial charge in [0.1, 0.15) is 0 Å². The summed E-state index contributed by atoms with van der Waals surface area (Å²) in [6.07, 6.45) is 12.4. The first-order valence-corrected chi connectivity index (χ1v) is 12.6. The molecule has 0 aromatic rings. The number of nitrogens with one attached hydrogen (secondary N) is 1. The third-order valence-electron chi connectivity index (χ3n) is 4.85. The quantitative estimate of drug-likeness (QED) is 0.0275. The molecule has 1 heterocycles. The number of hydrogen-bond donors (Lipinski definition) is 5. The second kappa shape index (κ2) is 19.5. The average molecular weight is 542 g/mol. The van der Waals surface area contributed by atoms with Crippen molar-refractivity contribution in [3.63, 3.8) is 0 Å². The van der Waals surface area contributed by atoms with Gasteiger partial charge in [-0.2, -0.15) is 0 Å². The molecule has 1 unspecified atom stereocenters. The summed E-state index contributed by atoms with van der Waals surface area (Å²) in [5.74, 6) is 2.87. The van der Waals surface area contributed by atoms with Gasteiger partial charge in [-0.3, -0.25) is 4.72 Å². The molecule has 1 aliphatic heterocycles. The zero-order chi connectivity index (χ0) is 27.5. The van der Waals surface area contributed by atoms with Crippen LogP contribution in [0.25, 0.3) is 0 Å². The van der Waals surface area contributed by atoms with Crippen LogP contribution in [0.2, 0.25) is 0 Å². The Balaban J connectivity index is 2.07. The molecule has 0 aliphatic carbocycles. The lowest BCUT2D eigenvalue weighted by molar-refractivity contribution is -0.137. The van der Waals surface area contributed by atoms with E-state index < -0.39 is 23.3 Å². The van der Waals surface area contributed by atoms with Crippen molar-refractivity contribution in [3.05, 3.63) is 59.3 Å². The number of nitrogens with zero attached hydrogens (tertiary/aromatic N) is 2. The Hall–Kier alpha value is -2.65. The Morgan fingerprint density at radius 3 is 2.41 bits per heavy atom. The molecular weight excluding hydrogens is 502 g/mol. The summed E-state index contributed by atoms with van der Waals surface area (Å²) in [6.45, 7) is 8.37. The largest absolute Gasteiger partial charge is 0.477 e. The van der Waals surface area contributed by atoms with Gasteiger partial charge in [0.15, 0.2) is 11.4 Å². The van der Waals surface area contributed by atoms with Crippen molar-refractivity contribution in [2.75, 3.05) is 72.9 Å². The predicted molar refractivity (Wildman–Crippen MR) is 143 cm³/mol. The summed E-state index contributed by atoms with van der Waals surface area (Å²) >= 11 is 1.53. The molecule has 1 rings (SSSR count). The second-order valence-corrected chi connectivity index (χ2v) is 8.84. The van der Waals surface area contributed by atoms with Gasteiger partial charge >= 0.3 is 11.9 Å². The Morgan fingerprint density at radius 1 is 1.16 bits per heavy atom. The summed E-state index contributed by atoms with van der Waals surface area (Å²) in [5, 5.41) is 18.6. The molecule has 1 aliphatic rings. The highest BCUT2D eigenvalue weighted by Gasteiger charge is 2.22. The summed E-state index contributed by atoms with van der Waals surface area (Å²) in [7, 11) is 2.11.